The number of hydrogen-bond acceptors (Lipinski definition) is 3. The summed E-state index contributed by atoms with van der Waals surface area (Å²) in [7, 11) is 1.97. The maximum Gasteiger partial charge on any atom is 0.124 e. The van der Waals surface area contributed by atoms with Gasteiger partial charge in [0.05, 0.1) is 5.69 Å². The van der Waals surface area contributed by atoms with E-state index in [2.05, 4.69) is 60.8 Å². The van der Waals surface area contributed by atoms with E-state index in [-0.39, 0.29) is 0 Å². The number of nitrogens with one attached hydrogen (secondary N) is 1. The van der Waals surface area contributed by atoms with Crippen LogP contribution in [0.15, 0.2) is 54.6 Å². The van der Waals surface area contributed by atoms with E-state index in [1.807, 2.05) is 13.1 Å². The zero-order chi connectivity index (χ0) is 14.7. The average molecular weight is 294 g/mol. The number of aryl methyl sites for hydroxylation is 1. The van der Waals surface area contributed by atoms with E-state index in [4.69, 9.17) is 4.98 Å². The number of benzene rings is 2. The Hall–Kier alpha value is -1.97. The van der Waals surface area contributed by atoms with E-state index in [1.165, 1.54) is 21.6 Å². The fraction of sp³-hybridized carbons (Fsp3) is 0.167. The lowest BCUT2D eigenvalue weighted by Gasteiger charge is -2.00. The first kappa shape index (κ1) is 14.0. The molecule has 2 aromatic carbocycles. The Morgan fingerprint density at radius 1 is 0.952 bits per heavy atom. The van der Waals surface area contributed by atoms with Crippen LogP contribution in [0.25, 0.3) is 21.8 Å². The fourth-order valence-electron chi connectivity index (χ4n) is 2.27. The molecule has 0 fully saturated rings. The molecular weight excluding hydrogens is 276 g/mol. The molecule has 0 aliphatic carbocycles. The summed E-state index contributed by atoms with van der Waals surface area (Å²) in [6, 6.07) is 19.0. The first-order valence-corrected chi connectivity index (χ1v) is 7.86. The smallest absolute Gasteiger partial charge is 0.124 e. The quantitative estimate of drug-likeness (QED) is 0.766. The van der Waals surface area contributed by atoms with Crippen molar-refractivity contribution in [3.8, 4) is 21.8 Å². The molecule has 0 aliphatic heterocycles. The molecule has 0 unspecified atom stereocenters. The van der Waals surface area contributed by atoms with Gasteiger partial charge in [-0.3, -0.25) is 0 Å². The number of thiazole rings is 1. The summed E-state index contributed by atoms with van der Waals surface area (Å²) in [5.41, 5.74) is 4.72. The van der Waals surface area contributed by atoms with Crippen molar-refractivity contribution in [3.63, 3.8) is 0 Å². The van der Waals surface area contributed by atoms with Crippen LogP contribution in [0.1, 0.15) is 10.4 Å². The van der Waals surface area contributed by atoms with Gasteiger partial charge in [-0.25, -0.2) is 4.98 Å². The highest BCUT2D eigenvalue weighted by molar-refractivity contribution is 7.15. The van der Waals surface area contributed by atoms with Gasteiger partial charge in [0, 0.05) is 22.5 Å². The highest BCUT2D eigenvalue weighted by Crippen LogP contribution is 2.33. The Kier molecular flexibility index (Phi) is 4.13. The Morgan fingerprint density at radius 3 is 2.33 bits per heavy atom. The van der Waals surface area contributed by atoms with E-state index >= 15 is 0 Å². The normalized spacial score (nSPS) is 10.8. The lowest BCUT2D eigenvalue weighted by molar-refractivity contribution is 0.831. The van der Waals surface area contributed by atoms with E-state index in [9.17, 15) is 0 Å². The van der Waals surface area contributed by atoms with E-state index < -0.39 is 0 Å². The van der Waals surface area contributed by atoms with Gasteiger partial charge < -0.3 is 5.32 Å². The minimum absolute atomic E-state index is 0.841. The summed E-state index contributed by atoms with van der Waals surface area (Å²) < 4.78 is 0. The average Bonchev–Trinajstić information content (AvgIpc) is 2.93. The minimum atomic E-state index is 0.841. The van der Waals surface area contributed by atoms with Crippen LogP contribution in [-0.2, 0) is 6.54 Å². The van der Waals surface area contributed by atoms with Gasteiger partial charge in [-0.15, -0.1) is 11.3 Å². The summed E-state index contributed by atoms with van der Waals surface area (Å²) in [6.45, 7) is 2.95. The first-order chi connectivity index (χ1) is 10.3. The van der Waals surface area contributed by atoms with Crippen molar-refractivity contribution >= 4 is 11.3 Å². The second-order valence-corrected chi connectivity index (χ2v) is 6.14. The Morgan fingerprint density at radius 2 is 1.67 bits per heavy atom. The molecule has 0 spiro atoms. The molecule has 0 radical (unpaired) electrons. The number of rotatable bonds is 4. The summed E-state index contributed by atoms with van der Waals surface area (Å²) in [6.07, 6.45) is 0. The summed E-state index contributed by atoms with van der Waals surface area (Å²) in [5.74, 6) is 0. The molecule has 2 nitrogen and oxygen atoms in total. The lowest BCUT2D eigenvalue weighted by atomic mass is 10.1. The molecule has 0 saturated heterocycles. The largest absolute Gasteiger partial charge is 0.315 e. The SMILES string of the molecule is CNCc1sc(-c2ccc(C)cc2)nc1-c1ccccc1. The molecule has 0 aliphatic rings. The molecule has 0 bridgehead atoms. The van der Waals surface area contributed by atoms with Gasteiger partial charge in [-0.05, 0) is 14.0 Å². The number of hydrogen-bond donors (Lipinski definition) is 1. The third-order valence-electron chi connectivity index (χ3n) is 3.38. The van der Waals surface area contributed by atoms with Gasteiger partial charge in [0.1, 0.15) is 5.01 Å². The molecule has 3 heteroatoms. The van der Waals surface area contributed by atoms with E-state index in [1.54, 1.807) is 11.3 Å². The van der Waals surface area contributed by atoms with Crippen LogP contribution < -0.4 is 5.32 Å². The van der Waals surface area contributed by atoms with E-state index in [0.717, 1.165) is 17.2 Å². The topological polar surface area (TPSA) is 24.9 Å². The van der Waals surface area contributed by atoms with E-state index in [0.29, 0.717) is 0 Å². The molecule has 1 aromatic heterocycles. The van der Waals surface area contributed by atoms with Crippen LogP contribution >= 0.6 is 11.3 Å². The lowest BCUT2D eigenvalue weighted by Crippen LogP contribution is -2.04. The van der Waals surface area contributed by atoms with Crippen molar-refractivity contribution in [2.75, 3.05) is 7.05 Å². The van der Waals surface area contributed by atoms with Crippen LogP contribution in [0.5, 0.6) is 0 Å². The van der Waals surface area contributed by atoms with Gasteiger partial charge in [-0.1, -0.05) is 60.2 Å². The third-order valence-corrected chi connectivity index (χ3v) is 4.48. The highest BCUT2D eigenvalue weighted by atomic mass is 32.1. The zero-order valence-corrected chi connectivity index (χ0v) is 13.1. The van der Waals surface area contributed by atoms with Crippen molar-refractivity contribution in [3.05, 3.63) is 65.0 Å². The van der Waals surface area contributed by atoms with Gasteiger partial charge in [-0.2, -0.15) is 0 Å². The van der Waals surface area contributed by atoms with Crippen molar-refractivity contribution in [2.24, 2.45) is 0 Å². The van der Waals surface area contributed by atoms with Crippen LogP contribution in [0.4, 0.5) is 0 Å². The maximum atomic E-state index is 4.88. The number of nitrogens with zero attached hydrogens (tertiary/aromatic N) is 1. The van der Waals surface area contributed by atoms with Gasteiger partial charge in [0.2, 0.25) is 0 Å². The van der Waals surface area contributed by atoms with Crippen LogP contribution in [0.3, 0.4) is 0 Å². The molecule has 0 saturated carbocycles. The van der Waals surface area contributed by atoms with Gasteiger partial charge in [0.15, 0.2) is 0 Å². The Labute approximate surface area is 129 Å². The first-order valence-electron chi connectivity index (χ1n) is 7.04. The predicted molar refractivity (Wildman–Crippen MR) is 90.5 cm³/mol. The minimum Gasteiger partial charge on any atom is -0.315 e. The molecule has 106 valence electrons. The fourth-order valence-corrected chi connectivity index (χ4v) is 3.37. The van der Waals surface area contributed by atoms with Gasteiger partial charge in [0.25, 0.3) is 0 Å². The molecule has 3 rings (SSSR count). The standard InChI is InChI=1S/C18H18N2S/c1-13-8-10-15(11-9-13)18-20-17(16(21-18)12-19-2)14-6-4-3-5-7-14/h3-11,19H,12H2,1-2H3. The highest BCUT2D eigenvalue weighted by Gasteiger charge is 2.13. The molecule has 0 atom stereocenters. The number of aromatic nitrogens is 1. The Bertz CT molecular complexity index is 715. The predicted octanol–water partition coefficient (Wildman–Crippen LogP) is 4.50. The summed E-state index contributed by atoms with van der Waals surface area (Å²) in [4.78, 5) is 6.15. The van der Waals surface area contributed by atoms with Gasteiger partial charge >= 0.3 is 0 Å². The maximum absolute atomic E-state index is 4.88. The van der Waals surface area contributed by atoms with Crippen LogP contribution in [0, 0.1) is 6.92 Å². The second kappa shape index (κ2) is 6.20. The molecule has 3 aromatic rings. The third kappa shape index (κ3) is 3.04. The molecule has 0 amide bonds. The van der Waals surface area contributed by atoms with Crippen molar-refractivity contribution in [1.82, 2.24) is 10.3 Å². The molecular formula is C18H18N2S. The van der Waals surface area contributed by atoms with Crippen LogP contribution in [-0.4, -0.2) is 12.0 Å². The van der Waals surface area contributed by atoms with Crippen molar-refractivity contribution in [1.29, 1.82) is 0 Å². The van der Waals surface area contributed by atoms with Crippen molar-refractivity contribution < 1.29 is 0 Å². The van der Waals surface area contributed by atoms with Crippen LogP contribution in [0.2, 0.25) is 0 Å². The molecule has 1 heterocycles. The second-order valence-electron chi connectivity index (χ2n) is 5.05. The molecule has 1 N–H and O–H groups in total. The Balaban J connectivity index is 2.06. The summed E-state index contributed by atoms with van der Waals surface area (Å²) >= 11 is 1.76. The monoisotopic (exact) mass is 294 g/mol. The molecule has 21 heavy (non-hydrogen) atoms. The summed E-state index contributed by atoms with van der Waals surface area (Å²) in [5, 5.41) is 4.32. The van der Waals surface area contributed by atoms with Crippen molar-refractivity contribution in [2.45, 2.75) is 13.5 Å². The zero-order valence-electron chi connectivity index (χ0n) is 12.3.